The molecule has 0 saturated heterocycles. The highest BCUT2D eigenvalue weighted by Crippen LogP contribution is 2.28. The lowest BCUT2D eigenvalue weighted by atomic mass is 10.1. The number of hydrogen-bond donors (Lipinski definition) is 1. The second kappa shape index (κ2) is 10.5. The van der Waals surface area contributed by atoms with E-state index in [2.05, 4.69) is 16.6 Å². The van der Waals surface area contributed by atoms with Crippen LogP contribution in [0.3, 0.4) is 0 Å². The van der Waals surface area contributed by atoms with Crippen molar-refractivity contribution in [1.29, 1.82) is 5.26 Å². The first-order valence-electron chi connectivity index (χ1n) is 9.09. The average molecular weight is 440 g/mol. The molecule has 0 aliphatic carbocycles. The van der Waals surface area contributed by atoms with E-state index < -0.39 is 0 Å². The number of benzene rings is 3. The van der Waals surface area contributed by atoms with E-state index in [0.717, 1.165) is 16.7 Å². The Labute approximate surface area is 185 Å². The molecule has 30 heavy (non-hydrogen) atoms. The Bertz CT molecular complexity index is 1060. The standard InChI is InChI=1S/C23H19Cl2N3O2/c1-29-23-11-18(13-27-28-14-19-20(24)3-2-4-21(19)25)9-10-22(23)30-15-17-7-5-16(12-26)6-8-17/h2-11,13,28H,14-15H2,1H3/b27-13-. The van der Waals surface area contributed by atoms with E-state index in [0.29, 0.717) is 40.3 Å². The molecule has 0 unspecified atom stereocenters. The zero-order valence-corrected chi connectivity index (χ0v) is 17.7. The fraction of sp³-hybridized carbons (Fsp3) is 0.130. The molecule has 3 aromatic rings. The molecule has 1 N–H and O–H groups in total. The second-order valence-corrected chi connectivity index (χ2v) is 7.12. The normalized spacial score (nSPS) is 10.6. The Balaban J connectivity index is 1.60. The molecule has 0 saturated carbocycles. The number of ether oxygens (including phenoxy) is 2. The molecular weight excluding hydrogens is 421 g/mol. The summed E-state index contributed by atoms with van der Waals surface area (Å²) in [7, 11) is 1.59. The highest BCUT2D eigenvalue weighted by molar-refractivity contribution is 6.35. The van der Waals surface area contributed by atoms with Gasteiger partial charge in [0.2, 0.25) is 0 Å². The molecule has 0 spiro atoms. The maximum absolute atomic E-state index is 8.87. The number of hydrogen-bond acceptors (Lipinski definition) is 5. The molecule has 3 aromatic carbocycles. The van der Waals surface area contributed by atoms with Crippen LogP contribution in [0.25, 0.3) is 0 Å². The van der Waals surface area contributed by atoms with Crippen molar-refractivity contribution in [1.82, 2.24) is 5.43 Å². The van der Waals surface area contributed by atoms with Gasteiger partial charge in [0.25, 0.3) is 0 Å². The summed E-state index contributed by atoms with van der Waals surface area (Å²) < 4.78 is 11.3. The van der Waals surface area contributed by atoms with E-state index in [-0.39, 0.29) is 0 Å². The summed E-state index contributed by atoms with van der Waals surface area (Å²) >= 11 is 12.3. The summed E-state index contributed by atoms with van der Waals surface area (Å²) in [6.07, 6.45) is 1.68. The number of rotatable bonds is 8. The lowest BCUT2D eigenvalue weighted by molar-refractivity contribution is 0.284. The SMILES string of the molecule is COc1cc(/C=N\NCc2c(Cl)cccc2Cl)ccc1OCc1ccc(C#N)cc1. The quantitative estimate of drug-likeness (QED) is 0.367. The van der Waals surface area contributed by atoms with Crippen molar-refractivity contribution in [2.45, 2.75) is 13.2 Å². The topological polar surface area (TPSA) is 66.6 Å². The van der Waals surface area contributed by atoms with Crippen molar-refractivity contribution in [3.63, 3.8) is 0 Å². The summed E-state index contributed by atoms with van der Waals surface area (Å²) in [5, 5.41) is 14.3. The number of nitrogens with zero attached hydrogens (tertiary/aromatic N) is 2. The third-order valence-corrected chi connectivity index (χ3v) is 5.00. The predicted octanol–water partition coefficient (Wildman–Crippen LogP) is 5.58. The lowest BCUT2D eigenvalue weighted by Crippen LogP contribution is -2.06. The molecule has 5 nitrogen and oxygen atoms in total. The van der Waals surface area contributed by atoms with Crippen LogP contribution in [0.1, 0.15) is 22.3 Å². The van der Waals surface area contributed by atoms with Gasteiger partial charge in [0, 0.05) is 15.6 Å². The van der Waals surface area contributed by atoms with Gasteiger partial charge >= 0.3 is 0 Å². The van der Waals surface area contributed by atoms with Gasteiger partial charge in [-0.2, -0.15) is 10.4 Å². The van der Waals surface area contributed by atoms with E-state index in [1.807, 2.05) is 30.3 Å². The largest absolute Gasteiger partial charge is 0.493 e. The van der Waals surface area contributed by atoms with Gasteiger partial charge in [-0.05, 0) is 53.6 Å². The Hall–Kier alpha value is -3.20. The Morgan fingerprint density at radius 3 is 2.43 bits per heavy atom. The zero-order valence-electron chi connectivity index (χ0n) is 16.2. The third kappa shape index (κ3) is 5.66. The van der Waals surface area contributed by atoms with Crippen molar-refractivity contribution in [2.75, 3.05) is 7.11 Å². The van der Waals surface area contributed by atoms with Gasteiger partial charge in [-0.15, -0.1) is 0 Å². The van der Waals surface area contributed by atoms with Crippen LogP contribution in [-0.2, 0) is 13.2 Å². The van der Waals surface area contributed by atoms with Crippen molar-refractivity contribution < 1.29 is 9.47 Å². The highest BCUT2D eigenvalue weighted by Gasteiger charge is 2.07. The number of methoxy groups -OCH3 is 1. The summed E-state index contributed by atoms with van der Waals surface area (Å²) in [4.78, 5) is 0. The van der Waals surface area contributed by atoms with Gasteiger partial charge in [0.1, 0.15) is 6.61 Å². The highest BCUT2D eigenvalue weighted by atomic mass is 35.5. The molecule has 0 fully saturated rings. The van der Waals surface area contributed by atoms with Crippen molar-refractivity contribution in [3.05, 3.63) is 93.0 Å². The van der Waals surface area contributed by atoms with Gasteiger partial charge in [0.05, 0.1) is 31.5 Å². The van der Waals surface area contributed by atoms with Crippen LogP contribution < -0.4 is 14.9 Å². The van der Waals surface area contributed by atoms with Crippen molar-refractivity contribution in [2.24, 2.45) is 5.10 Å². The molecule has 0 heterocycles. The molecule has 0 amide bonds. The van der Waals surface area contributed by atoms with E-state index in [1.165, 1.54) is 0 Å². The zero-order chi connectivity index (χ0) is 21.3. The van der Waals surface area contributed by atoms with Crippen molar-refractivity contribution in [3.8, 4) is 17.6 Å². The molecule has 7 heteroatoms. The van der Waals surface area contributed by atoms with E-state index >= 15 is 0 Å². The van der Waals surface area contributed by atoms with Crippen LogP contribution in [-0.4, -0.2) is 13.3 Å². The molecule has 0 aliphatic heterocycles. The Morgan fingerprint density at radius 2 is 1.77 bits per heavy atom. The maximum Gasteiger partial charge on any atom is 0.161 e. The first-order chi connectivity index (χ1) is 14.6. The first-order valence-corrected chi connectivity index (χ1v) is 9.85. The van der Waals surface area contributed by atoms with Crippen molar-refractivity contribution >= 4 is 29.4 Å². The molecule has 0 atom stereocenters. The minimum Gasteiger partial charge on any atom is -0.493 e. The summed E-state index contributed by atoms with van der Waals surface area (Å²) in [5.74, 6) is 1.22. The molecular formula is C23H19Cl2N3O2. The number of nitriles is 1. The van der Waals surface area contributed by atoms with Crippen LogP contribution in [0, 0.1) is 11.3 Å². The minimum absolute atomic E-state index is 0.371. The van der Waals surface area contributed by atoms with Crippen LogP contribution in [0.2, 0.25) is 10.0 Å². The molecule has 0 aromatic heterocycles. The number of halogens is 2. The average Bonchev–Trinajstić information content (AvgIpc) is 2.77. The molecule has 0 radical (unpaired) electrons. The fourth-order valence-electron chi connectivity index (χ4n) is 2.67. The van der Waals surface area contributed by atoms with Crippen LogP contribution in [0.5, 0.6) is 11.5 Å². The van der Waals surface area contributed by atoms with Crippen LogP contribution in [0.4, 0.5) is 0 Å². The molecule has 3 rings (SSSR count). The smallest absolute Gasteiger partial charge is 0.161 e. The van der Waals surface area contributed by atoms with E-state index in [9.17, 15) is 0 Å². The lowest BCUT2D eigenvalue weighted by Gasteiger charge is -2.11. The maximum atomic E-state index is 8.87. The number of hydrazone groups is 1. The summed E-state index contributed by atoms with van der Waals surface area (Å²) in [6.45, 7) is 0.785. The molecule has 152 valence electrons. The van der Waals surface area contributed by atoms with Crippen LogP contribution in [0.15, 0.2) is 65.8 Å². The predicted molar refractivity (Wildman–Crippen MR) is 119 cm³/mol. The van der Waals surface area contributed by atoms with E-state index in [1.54, 1.807) is 43.7 Å². The third-order valence-electron chi connectivity index (χ3n) is 4.29. The molecule has 0 aliphatic rings. The van der Waals surface area contributed by atoms with Crippen LogP contribution >= 0.6 is 23.2 Å². The number of nitrogens with one attached hydrogen (secondary N) is 1. The second-order valence-electron chi connectivity index (χ2n) is 6.30. The van der Waals surface area contributed by atoms with Gasteiger partial charge in [-0.3, -0.25) is 0 Å². The van der Waals surface area contributed by atoms with Gasteiger partial charge in [0.15, 0.2) is 11.5 Å². The fourth-order valence-corrected chi connectivity index (χ4v) is 3.20. The van der Waals surface area contributed by atoms with Gasteiger partial charge in [-0.1, -0.05) is 41.4 Å². The summed E-state index contributed by atoms with van der Waals surface area (Å²) in [6, 6.07) is 20.3. The Morgan fingerprint density at radius 1 is 1.03 bits per heavy atom. The first kappa shape index (κ1) is 21.5. The monoisotopic (exact) mass is 439 g/mol. The minimum atomic E-state index is 0.371. The molecule has 0 bridgehead atoms. The summed E-state index contributed by atoms with van der Waals surface area (Å²) in [5.41, 5.74) is 6.16. The van der Waals surface area contributed by atoms with Gasteiger partial charge in [-0.25, -0.2) is 0 Å². The van der Waals surface area contributed by atoms with E-state index in [4.69, 9.17) is 37.9 Å². The Kier molecular flexibility index (Phi) is 7.56. The van der Waals surface area contributed by atoms with Gasteiger partial charge < -0.3 is 14.9 Å².